The predicted molar refractivity (Wildman–Crippen MR) is 95.7 cm³/mol. The number of aryl methyl sites for hydroxylation is 1. The summed E-state index contributed by atoms with van der Waals surface area (Å²) in [5, 5.41) is 0. The van der Waals surface area contributed by atoms with E-state index in [0.29, 0.717) is 0 Å². The first-order chi connectivity index (χ1) is 10.5. The second-order valence-corrected chi connectivity index (χ2v) is 7.41. The van der Waals surface area contributed by atoms with Crippen molar-refractivity contribution in [2.24, 2.45) is 0 Å². The first kappa shape index (κ1) is 23.4. The maximum Gasteiger partial charge on any atom is 2.00 e. The molecule has 0 aliphatic rings. The Balaban J connectivity index is 0.00000484. The van der Waals surface area contributed by atoms with Gasteiger partial charge in [0.25, 0.3) is 0 Å². The van der Waals surface area contributed by atoms with Gasteiger partial charge in [0, 0.05) is 0 Å². The molecular formula is C18H29CaO3S+. The van der Waals surface area contributed by atoms with E-state index in [4.69, 9.17) is 0 Å². The molecule has 3 nitrogen and oxygen atoms in total. The van der Waals surface area contributed by atoms with E-state index in [-0.39, 0.29) is 42.6 Å². The first-order valence-corrected chi connectivity index (χ1v) is 9.99. The number of hydrogen-bond acceptors (Lipinski definition) is 3. The van der Waals surface area contributed by atoms with E-state index in [1.54, 1.807) is 12.1 Å². The zero-order valence-electron chi connectivity index (χ0n) is 14.4. The van der Waals surface area contributed by atoms with Crippen LogP contribution in [0.15, 0.2) is 29.2 Å². The summed E-state index contributed by atoms with van der Waals surface area (Å²) in [7, 11) is -4.31. The van der Waals surface area contributed by atoms with Gasteiger partial charge in [-0.15, -0.1) is 0 Å². The molecule has 0 N–H and O–H groups in total. The van der Waals surface area contributed by atoms with Gasteiger partial charge in [0.2, 0.25) is 0 Å². The van der Waals surface area contributed by atoms with Crippen LogP contribution in [0.4, 0.5) is 0 Å². The molecule has 0 aromatic heterocycles. The summed E-state index contributed by atoms with van der Waals surface area (Å²) < 4.78 is 32.5. The van der Waals surface area contributed by atoms with Crippen LogP contribution in [0, 0.1) is 0 Å². The van der Waals surface area contributed by atoms with Crippen molar-refractivity contribution in [1.82, 2.24) is 0 Å². The fourth-order valence-electron chi connectivity index (χ4n) is 2.64. The van der Waals surface area contributed by atoms with E-state index in [0.717, 1.165) is 18.4 Å². The van der Waals surface area contributed by atoms with Crippen molar-refractivity contribution in [2.45, 2.75) is 82.4 Å². The minimum Gasteiger partial charge on any atom is -0.744 e. The van der Waals surface area contributed by atoms with Gasteiger partial charge in [0.05, 0.1) is 4.90 Å². The van der Waals surface area contributed by atoms with Crippen LogP contribution in [0.5, 0.6) is 0 Å². The minimum absolute atomic E-state index is 0. The molecule has 1 aromatic rings. The van der Waals surface area contributed by atoms with Gasteiger partial charge in [-0.2, -0.15) is 0 Å². The summed E-state index contributed by atoms with van der Waals surface area (Å²) in [6.07, 6.45) is 14.0. The molecule has 126 valence electrons. The molecule has 1 aromatic carbocycles. The predicted octanol–water partition coefficient (Wildman–Crippen LogP) is 4.67. The number of hydrogen-bond donors (Lipinski definition) is 0. The van der Waals surface area contributed by atoms with E-state index in [9.17, 15) is 13.0 Å². The maximum atomic E-state index is 10.8. The van der Waals surface area contributed by atoms with Gasteiger partial charge in [-0.3, -0.25) is 0 Å². The molecule has 0 atom stereocenters. The van der Waals surface area contributed by atoms with Gasteiger partial charge in [-0.05, 0) is 30.5 Å². The Kier molecular flexibility index (Phi) is 13.9. The fourth-order valence-corrected chi connectivity index (χ4v) is 3.11. The van der Waals surface area contributed by atoms with Crippen molar-refractivity contribution in [1.29, 1.82) is 0 Å². The van der Waals surface area contributed by atoms with E-state index >= 15 is 0 Å². The number of rotatable bonds is 12. The molecule has 0 fully saturated rings. The monoisotopic (exact) mass is 365 g/mol. The van der Waals surface area contributed by atoms with E-state index in [2.05, 4.69) is 6.92 Å². The molecule has 0 amide bonds. The molecule has 0 unspecified atom stereocenters. The summed E-state index contributed by atoms with van der Waals surface area (Å²) in [5.74, 6) is 0. The Hall–Kier alpha value is 0.390. The zero-order chi connectivity index (χ0) is 16.3. The van der Waals surface area contributed by atoms with Crippen molar-refractivity contribution in [3.8, 4) is 0 Å². The number of unbranched alkanes of at least 4 members (excludes halogenated alkanes) is 9. The van der Waals surface area contributed by atoms with Crippen molar-refractivity contribution < 1.29 is 13.0 Å². The van der Waals surface area contributed by atoms with Crippen LogP contribution in [0.2, 0.25) is 0 Å². The molecule has 0 heterocycles. The first-order valence-electron chi connectivity index (χ1n) is 8.59. The molecular weight excluding hydrogens is 336 g/mol. The van der Waals surface area contributed by atoms with E-state index < -0.39 is 10.1 Å². The van der Waals surface area contributed by atoms with Crippen molar-refractivity contribution >= 4 is 47.9 Å². The smallest absolute Gasteiger partial charge is 0.744 e. The normalized spacial score (nSPS) is 11.2. The molecule has 1 rings (SSSR count). The third-order valence-corrected chi connectivity index (χ3v) is 4.88. The summed E-state index contributed by atoms with van der Waals surface area (Å²) in [4.78, 5) is -0.140. The van der Waals surface area contributed by atoms with Crippen LogP contribution in [-0.2, 0) is 16.5 Å². The third kappa shape index (κ3) is 11.5. The van der Waals surface area contributed by atoms with E-state index in [1.807, 2.05) is 0 Å². The van der Waals surface area contributed by atoms with Crippen molar-refractivity contribution in [3.05, 3.63) is 29.8 Å². The Morgan fingerprint density at radius 2 is 1.22 bits per heavy atom. The van der Waals surface area contributed by atoms with Crippen LogP contribution in [0.3, 0.4) is 0 Å². The van der Waals surface area contributed by atoms with Crippen LogP contribution < -0.4 is 0 Å². The number of benzene rings is 1. The summed E-state index contributed by atoms with van der Waals surface area (Å²) >= 11 is 0. The van der Waals surface area contributed by atoms with Crippen molar-refractivity contribution in [3.63, 3.8) is 0 Å². The standard InChI is InChI=1S/C18H30O3S.Ca/c1-2-3-4-5-6-7-8-9-10-11-12-17-13-15-18(16-14-17)22(19,20)21;/h13-16H,2-12H2,1H3,(H,19,20,21);/q;+2/p-1. The van der Waals surface area contributed by atoms with Gasteiger partial charge in [-0.25, -0.2) is 8.42 Å². The van der Waals surface area contributed by atoms with Crippen LogP contribution >= 0.6 is 0 Å². The van der Waals surface area contributed by atoms with Crippen LogP contribution in [0.25, 0.3) is 0 Å². The summed E-state index contributed by atoms with van der Waals surface area (Å²) in [6.45, 7) is 2.24. The van der Waals surface area contributed by atoms with Crippen LogP contribution in [-0.4, -0.2) is 50.7 Å². The Labute approximate surface area is 172 Å². The molecule has 0 radical (unpaired) electrons. The maximum absolute atomic E-state index is 10.8. The van der Waals surface area contributed by atoms with Gasteiger partial charge in [-0.1, -0.05) is 76.8 Å². The fraction of sp³-hybridized carbons (Fsp3) is 0.667. The molecule has 23 heavy (non-hydrogen) atoms. The van der Waals surface area contributed by atoms with Crippen molar-refractivity contribution in [2.75, 3.05) is 0 Å². The van der Waals surface area contributed by atoms with Crippen LogP contribution in [0.1, 0.15) is 76.7 Å². The van der Waals surface area contributed by atoms with Gasteiger partial charge in [0.1, 0.15) is 10.1 Å². The minimum atomic E-state index is -4.31. The Morgan fingerprint density at radius 1 is 0.783 bits per heavy atom. The van der Waals surface area contributed by atoms with E-state index in [1.165, 1.54) is 69.9 Å². The molecule has 0 aliphatic carbocycles. The second-order valence-electron chi connectivity index (χ2n) is 6.03. The third-order valence-electron chi connectivity index (χ3n) is 4.03. The molecule has 0 aliphatic heterocycles. The van der Waals surface area contributed by atoms with Gasteiger partial charge < -0.3 is 4.55 Å². The Bertz CT molecular complexity index is 498. The largest absolute Gasteiger partial charge is 2.00 e. The summed E-state index contributed by atoms with van der Waals surface area (Å²) in [6, 6.07) is 6.32. The SMILES string of the molecule is CCCCCCCCCCCCc1ccc(S(=O)(=O)[O-])cc1.[Ca+2]. The molecule has 0 saturated heterocycles. The van der Waals surface area contributed by atoms with Gasteiger partial charge in [0.15, 0.2) is 0 Å². The topological polar surface area (TPSA) is 57.2 Å². The average Bonchev–Trinajstić information content (AvgIpc) is 2.49. The van der Waals surface area contributed by atoms with Gasteiger partial charge >= 0.3 is 37.7 Å². The average molecular weight is 366 g/mol. The quantitative estimate of drug-likeness (QED) is 0.307. The molecule has 0 bridgehead atoms. The Morgan fingerprint density at radius 3 is 1.65 bits per heavy atom. The second kappa shape index (κ2) is 13.7. The zero-order valence-corrected chi connectivity index (χ0v) is 17.5. The molecule has 0 spiro atoms. The molecule has 5 heteroatoms. The molecule has 0 saturated carbocycles. The summed E-state index contributed by atoms with van der Waals surface area (Å²) in [5.41, 5.74) is 1.10.